The second kappa shape index (κ2) is 7.04. The zero-order valence-electron chi connectivity index (χ0n) is 15.1. The summed E-state index contributed by atoms with van der Waals surface area (Å²) >= 11 is 0. The summed E-state index contributed by atoms with van der Waals surface area (Å²) in [6.07, 6.45) is 6.34. The Morgan fingerprint density at radius 1 is 1.27 bits per heavy atom. The fraction of sp³-hybridized carbons (Fsp3) is 0.238. The van der Waals surface area contributed by atoms with Gasteiger partial charge in [0.2, 0.25) is 5.43 Å². The second-order valence-corrected chi connectivity index (χ2v) is 6.43. The second-order valence-electron chi connectivity index (χ2n) is 6.43. The molecule has 1 aliphatic carbocycles. The summed E-state index contributed by atoms with van der Waals surface area (Å²) in [4.78, 5) is 23.9. The van der Waals surface area contributed by atoms with E-state index in [0.29, 0.717) is 11.9 Å². The first-order valence-corrected chi connectivity index (χ1v) is 8.39. The number of aromatic nitrogens is 1. The van der Waals surface area contributed by atoms with Gasteiger partial charge in [-0.25, -0.2) is 4.79 Å². The molecule has 0 radical (unpaired) electrons. The number of fused-ring (bicyclic) bond motifs is 1. The Balaban J connectivity index is 2.13. The first-order valence-electron chi connectivity index (χ1n) is 8.39. The Morgan fingerprint density at radius 2 is 2.00 bits per heavy atom. The average Bonchev–Trinajstić information content (AvgIpc) is 2.75. The SMILES string of the molecule is COC1=C(C)C=C(Cn2cc(C(=O)O)c(=O)c3ccccc32)CC=C1C. The van der Waals surface area contributed by atoms with Crippen LogP contribution in [0.15, 0.2) is 69.9 Å². The normalized spacial score (nSPS) is 14.7. The molecule has 0 bridgehead atoms. The standard InChI is InChI=1S/C21H21NO4/c1-13-8-9-15(10-14(2)20(13)26-3)11-22-12-17(21(24)25)19(23)16-6-4-5-7-18(16)22/h4-8,10,12H,9,11H2,1-3H3,(H,24,25). The zero-order chi connectivity index (χ0) is 18.8. The molecular formula is C21H21NO4. The van der Waals surface area contributed by atoms with Crippen LogP contribution in [-0.2, 0) is 11.3 Å². The number of pyridine rings is 1. The van der Waals surface area contributed by atoms with E-state index in [2.05, 4.69) is 12.2 Å². The number of rotatable bonds is 4. The molecule has 3 rings (SSSR count). The smallest absolute Gasteiger partial charge is 0.341 e. The van der Waals surface area contributed by atoms with E-state index in [1.807, 2.05) is 30.5 Å². The summed E-state index contributed by atoms with van der Waals surface area (Å²) in [6.45, 7) is 4.50. The molecule has 134 valence electrons. The number of allylic oxidation sites excluding steroid dienone is 5. The lowest BCUT2D eigenvalue weighted by molar-refractivity contribution is 0.0695. The van der Waals surface area contributed by atoms with Gasteiger partial charge in [-0.1, -0.05) is 24.3 Å². The minimum absolute atomic E-state index is 0.213. The molecule has 0 aliphatic heterocycles. The number of benzene rings is 1. The van der Waals surface area contributed by atoms with Gasteiger partial charge in [0.25, 0.3) is 0 Å². The number of ether oxygens (including phenoxy) is 1. The quantitative estimate of drug-likeness (QED) is 0.907. The molecular weight excluding hydrogens is 330 g/mol. The lowest BCUT2D eigenvalue weighted by atomic mass is 10.1. The minimum atomic E-state index is -1.21. The molecule has 5 nitrogen and oxygen atoms in total. The summed E-state index contributed by atoms with van der Waals surface area (Å²) in [5, 5.41) is 9.80. The number of aromatic carboxylic acids is 1. The zero-order valence-corrected chi connectivity index (χ0v) is 15.1. The van der Waals surface area contributed by atoms with Gasteiger partial charge in [0.1, 0.15) is 11.3 Å². The molecule has 0 amide bonds. The maximum absolute atomic E-state index is 12.4. The Bertz CT molecular complexity index is 1040. The summed E-state index contributed by atoms with van der Waals surface area (Å²) in [7, 11) is 1.66. The van der Waals surface area contributed by atoms with Gasteiger partial charge in [-0.3, -0.25) is 4.79 Å². The van der Waals surface area contributed by atoms with Crippen molar-refractivity contribution in [1.82, 2.24) is 4.57 Å². The van der Waals surface area contributed by atoms with Crippen LogP contribution < -0.4 is 5.43 Å². The Labute approximate surface area is 151 Å². The van der Waals surface area contributed by atoms with Crippen LogP contribution in [0.1, 0.15) is 30.6 Å². The van der Waals surface area contributed by atoms with Gasteiger partial charge in [-0.2, -0.15) is 0 Å². The Morgan fingerprint density at radius 3 is 2.69 bits per heavy atom. The lowest BCUT2D eigenvalue weighted by Crippen LogP contribution is -2.19. The van der Waals surface area contributed by atoms with E-state index in [4.69, 9.17) is 4.74 Å². The number of methoxy groups -OCH3 is 1. The maximum Gasteiger partial charge on any atom is 0.341 e. The van der Waals surface area contributed by atoms with E-state index >= 15 is 0 Å². The van der Waals surface area contributed by atoms with Crippen molar-refractivity contribution < 1.29 is 14.6 Å². The molecule has 0 atom stereocenters. The first kappa shape index (κ1) is 17.7. The van der Waals surface area contributed by atoms with E-state index in [1.54, 1.807) is 19.2 Å². The summed E-state index contributed by atoms with van der Waals surface area (Å²) in [5.41, 5.74) is 3.27. The molecule has 1 heterocycles. The highest BCUT2D eigenvalue weighted by molar-refractivity contribution is 5.92. The molecule has 0 fully saturated rings. The molecule has 0 spiro atoms. The van der Waals surface area contributed by atoms with Crippen LogP contribution in [0, 0.1) is 0 Å². The highest BCUT2D eigenvalue weighted by atomic mass is 16.5. The Kier molecular flexibility index (Phi) is 4.80. The third-order valence-electron chi connectivity index (χ3n) is 4.60. The molecule has 1 aliphatic rings. The van der Waals surface area contributed by atoms with E-state index in [1.165, 1.54) is 6.20 Å². The maximum atomic E-state index is 12.4. The van der Waals surface area contributed by atoms with Crippen molar-refractivity contribution in [2.24, 2.45) is 0 Å². The Hall–Kier alpha value is -3.08. The monoisotopic (exact) mass is 351 g/mol. The molecule has 26 heavy (non-hydrogen) atoms. The predicted molar refractivity (Wildman–Crippen MR) is 101 cm³/mol. The lowest BCUT2D eigenvalue weighted by Gasteiger charge is -2.14. The van der Waals surface area contributed by atoms with Crippen molar-refractivity contribution in [3.8, 4) is 0 Å². The molecule has 2 aromatic rings. The number of carboxylic acids is 1. The summed E-state index contributed by atoms with van der Waals surface area (Å²) in [5.74, 6) is -0.353. The number of hydrogen-bond acceptors (Lipinski definition) is 3. The molecule has 1 N–H and O–H groups in total. The van der Waals surface area contributed by atoms with Crippen molar-refractivity contribution in [3.63, 3.8) is 0 Å². The molecule has 1 aromatic heterocycles. The minimum Gasteiger partial charge on any atom is -0.496 e. The largest absolute Gasteiger partial charge is 0.496 e. The fourth-order valence-electron chi connectivity index (χ4n) is 3.40. The van der Waals surface area contributed by atoms with E-state index < -0.39 is 11.4 Å². The van der Waals surface area contributed by atoms with Crippen LogP contribution in [0.4, 0.5) is 0 Å². The molecule has 0 saturated carbocycles. The van der Waals surface area contributed by atoms with Crippen LogP contribution in [0.3, 0.4) is 0 Å². The van der Waals surface area contributed by atoms with E-state index in [9.17, 15) is 14.7 Å². The van der Waals surface area contributed by atoms with Crippen molar-refractivity contribution in [3.05, 3.63) is 80.9 Å². The number of hydrogen-bond donors (Lipinski definition) is 1. The number of carboxylic acid groups (broad SMARTS) is 1. The average molecular weight is 351 g/mol. The molecule has 5 heteroatoms. The van der Waals surface area contributed by atoms with Gasteiger partial charge in [-0.05, 0) is 49.1 Å². The first-order chi connectivity index (χ1) is 12.4. The predicted octanol–water partition coefficient (Wildman–Crippen LogP) is 3.90. The number of para-hydroxylation sites is 1. The third-order valence-corrected chi connectivity index (χ3v) is 4.60. The van der Waals surface area contributed by atoms with Crippen LogP contribution in [0.25, 0.3) is 10.9 Å². The topological polar surface area (TPSA) is 68.5 Å². The van der Waals surface area contributed by atoms with Crippen LogP contribution in [-0.4, -0.2) is 22.8 Å². The third kappa shape index (κ3) is 3.20. The fourth-order valence-corrected chi connectivity index (χ4v) is 3.40. The van der Waals surface area contributed by atoms with Gasteiger partial charge in [-0.15, -0.1) is 0 Å². The molecule has 0 saturated heterocycles. The summed E-state index contributed by atoms with van der Waals surface area (Å²) < 4.78 is 7.31. The van der Waals surface area contributed by atoms with Gasteiger partial charge in [0.15, 0.2) is 0 Å². The highest BCUT2D eigenvalue weighted by Gasteiger charge is 2.16. The van der Waals surface area contributed by atoms with Gasteiger partial charge in [0, 0.05) is 18.1 Å². The van der Waals surface area contributed by atoms with Crippen molar-refractivity contribution in [2.45, 2.75) is 26.8 Å². The van der Waals surface area contributed by atoms with Crippen LogP contribution in [0.5, 0.6) is 0 Å². The van der Waals surface area contributed by atoms with Crippen molar-refractivity contribution in [2.75, 3.05) is 7.11 Å². The van der Waals surface area contributed by atoms with E-state index in [0.717, 1.165) is 34.4 Å². The molecule has 1 aromatic carbocycles. The van der Waals surface area contributed by atoms with Gasteiger partial charge < -0.3 is 14.4 Å². The van der Waals surface area contributed by atoms with Crippen LogP contribution in [0.2, 0.25) is 0 Å². The number of nitrogens with zero attached hydrogens (tertiary/aromatic N) is 1. The van der Waals surface area contributed by atoms with Crippen LogP contribution >= 0.6 is 0 Å². The summed E-state index contributed by atoms with van der Waals surface area (Å²) in [6, 6.07) is 7.09. The van der Waals surface area contributed by atoms with Crippen molar-refractivity contribution >= 4 is 16.9 Å². The van der Waals surface area contributed by atoms with Crippen molar-refractivity contribution in [1.29, 1.82) is 0 Å². The number of carbonyl (C=O) groups is 1. The van der Waals surface area contributed by atoms with Gasteiger partial charge in [0.05, 0.1) is 12.6 Å². The van der Waals surface area contributed by atoms with Gasteiger partial charge >= 0.3 is 5.97 Å². The molecule has 0 unspecified atom stereocenters. The highest BCUT2D eigenvalue weighted by Crippen LogP contribution is 2.25. The van der Waals surface area contributed by atoms with E-state index in [-0.39, 0.29) is 5.56 Å².